The molecule has 21 heavy (non-hydrogen) atoms. The van der Waals surface area contributed by atoms with Crippen molar-refractivity contribution in [2.24, 2.45) is 7.05 Å². The highest BCUT2D eigenvalue weighted by Gasteiger charge is 2.15. The average molecular weight is 289 g/mol. The Hall–Kier alpha value is -2.21. The van der Waals surface area contributed by atoms with Crippen molar-refractivity contribution in [2.75, 3.05) is 25.1 Å². The predicted octanol–water partition coefficient (Wildman–Crippen LogP) is 1.65. The van der Waals surface area contributed by atoms with E-state index in [-0.39, 0.29) is 0 Å². The number of hydrogen-bond acceptors (Lipinski definition) is 5. The molecule has 2 N–H and O–H groups in total. The maximum Gasteiger partial charge on any atom is 0.161 e. The van der Waals surface area contributed by atoms with Crippen LogP contribution in [0.25, 0.3) is 0 Å². The average Bonchev–Trinajstić information content (AvgIpc) is 2.82. The molecule has 2 aromatic rings. The summed E-state index contributed by atoms with van der Waals surface area (Å²) in [6.45, 7) is 3.45. The van der Waals surface area contributed by atoms with Gasteiger partial charge in [0.2, 0.25) is 0 Å². The molecule has 0 spiro atoms. The van der Waals surface area contributed by atoms with Crippen LogP contribution in [-0.2, 0) is 7.05 Å². The van der Waals surface area contributed by atoms with E-state index in [1.165, 1.54) is 0 Å². The minimum absolute atomic E-state index is 0.409. The summed E-state index contributed by atoms with van der Waals surface area (Å²) >= 11 is 0. The maximum atomic E-state index is 10.3. The highest BCUT2D eigenvalue weighted by molar-refractivity contribution is 5.47. The van der Waals surface area contributed by atoms with E-state index < -0.39 is 6.10 Å². The lowest BCUT2D eigenvalue weighted by molar-refractivity contribution is 0.167. The molecule has 6 heteroatoms. The largest absolute Gasteiger partial charge is 0.486 e. The molecule has 2 heterocycles. The third-order valence-corrected chi connectivity index (χ3v) is 3.45. The number of rotatable bonds is 4. The lowest BCUT2D eigenvalue weighted by Crippen LogP contribution is -2.17. The van der Waals surface area contributed by atoms with Crippen LogP contribution in [0, 0.1) is 6.92 Å². The number of benzene rings is 1. The van der Waals surface area contributed by atoms with Crippen molar-refractivity contribution in [1.82, 2.24) is 9.78 Å². The molecule has 1 aromatic heterocycles. The molecule has 0 saturated heterocycles. The Morgan fingerprint density at radius 3 is 2.81 bits per heavy atom. The van der Waals surface area contributed by atoms with Gasteiger partial charge in [0.25, 0.3) is 0 Å². The number of hydrogen-bond donors (Lipinski definition) is 2. The Labute approximate surface area is 123 Å². The van der Waals surface area contributed by atoms with Gasteiger partial charge in [-0.3, -0.25) is 4.68 Å². The van der Waals surface area contributed by atoms with Gasteiger partial charge >= 0.3 is 0 Å². The van der Waals surface area contributed by atoms with Crippen molar-refractivity contribution in [1.29, 1.82) is 0 Å². The van der Waals surface area contributed by atoms with Crippen LogP contribution in [0.1, 0.15) is 17.4 Å². The van der Waals surface area contributed by atoms with Gasteiger partial charge in [-0.15, -0.1) is 0 Å². The second-order valence-corrected chi connectivity index (χ2v) is 5.10. The van der Waals surface area contributed by atoms with E-state index >= 15 is 0 Å². The first-order valence-electron chi connectivity index (χ1n) is 6.95. The number of aromatic nitrogens is 2. The van der Waals surface area contributed by atoms with Crippen LogP contribution in [-0.4, -0.2) is 34.6 Å². The number of aryl methyl sites for hydroxylation is 2. The number of anilines is 1. The fraction of sp³-hybridized carbons (Fsp3) is 0.400. The smallest absolute Gasteiger partial charge is 0.161 e. The molecule has 1 aromatic carbocycles. The zero-order valence-corrected chi connectivity index (χ0v) is 12.2. The topological polar surface area (TPSA) is 68.5 Å². The standard InChI is InChI=1S/C15H19N3O3/c1-10-12(9-18(2)17-10)16-8-13(19)11-3-4-14-15(7-11)21-6-5-20-14/h3-4,7,9,13,16,19H,5-6,8H2,1-2H3. The van der Waals surface area contributed by atoms with E-state index in [1.54, 1.807) is 4.68 Å². The summed E-state index contributed by atoms with van der Waals surface area (Å²) in [5, 5.41) is 17.8. The van der Waals surface area contributed by atoms with Gasteiger partial charge in [-0.1, -0.05) is 6.07 Å². The summed E-state index contributed by atoms with van der Waals surface area (Å²) in [6.07, 6.45) is 1.27. The van der Waals surface area contributed by atoms with Crippen molar-refractivity contribution < 1.29 is 14.6 Å². The van der Waals surface area contributed by atoms with Crippen molar-refractivity contribution in [2.45, 2.75) is 13.0 Å². The van der Waals surface area contributed by atoms with Crippen LogP contribution in [0.2, 0.25) is 0 Å². The summed E-state index contributed by atoms with van der Waals surface area (Å²) in [5.41, 5.74) is 2.63. The van der Waals surface area contributed by atoms with E-state index in [0.717, 1.165) is 22.7 Å². The summed E-state index contributed by atoms with van der Waals surface area (Å²) in [6, 6.07) is 5.52. The van der Waals surface area contributed by atoms with Gasteiger partial charge in [-0.2, -0.15) is 5.10 Å². The normalized spacial score (nSPS) is 14.8. The SMILES string of the molecule is Cc1nn(C)cc1NCC(O)c1ccc2c(c1)OCCO2. The predicted molar refractivity (Wildman–Crippen MR) is 78.8 cm³/mol. The number of nitrogens with one attached hydrogen (secondary N) is 1. The van der Waals surface area contributed by atoms with Crippen LogP contribution in [0.3, 0.4) is 0 Å². The van der Waals surface area contributed by atoms with E-state index in [1.807, 2.05) is 38.4 Å². The quantitative estimate of drug-likeness (QED) is 0.895. The van der Waals surface area contributed by atoms with Crippen molar-refractivity contribution >= 4 is 5.69 Å². The Balaban J connectivity index is 1.67. The highest BCUT2D eigenvalue weighted by atomic mass is 16.6. The Morgan fingerprint density at radius 1 is 1.33 bits per heavy atom. The van der Waals surface area contributed by atoms with Gasteiger partial charge in [-0.25, -0.2) is 0 Å². The van der Waals surface area contributed by atoms with E-state index in [4.69, 9.17) is 9.47 Å². The summed E-state index contributed by atoms with van der Waals surface area (Å²) < 4.78 is 12.7. The lowest BCUT2D eigenvalue weighted by atomic mass is 10.1. The summed E-state index contributed by atoms with van der Waals surface area (Å²) in [7, 11) is 1.87. The van der Waals surface area contributed by atoms with E-state index in [0.29, 0.717) is 25.5 Å². The number of nitrogens with zero attached hydrogens (tertiary/aromatic N) is 2. The molecule has 1 aliphatic rings. The molecule has 1 unspecified atom stereocenters. The van der Waals surface area contributed by atoms with Crippen LogP contribution in [0.5, 0.6) is 11.5 Å². The molecule has 6 nitrogen and oxygen atoms in total. The van der Waals surface area contributed by atoms with Crippen molar-refractivity contribution in [3.05, 3.63) is 35.7 Å². The number of fused-ring (bicyclic) bond motifs is 1. The van der Waals surface area contributed by atoms with Gasteiger partial charge in [0, 0.05) is 19.8 Å². The first kappa shape index (κ1) is 13.8. The van der Waals surface area contributed by atoms with Crippen LogP contribution in [0.15, 0.2) is 24.4 Å². The molecule has 0 amide bonds. The third kappa shape index (κ3) is 2.95. The first-order chi connectivity index (χ1) is 10.1. The van der Waals surface area contributed by atoms with Crippen LogP contribution in [0.4, 0.5) is 5.69 Å². The second-order valence-electron chi connectivity index (χ2n) is 5.10. The van der Waals surface area contributed by atoms with E-state index in [9.17, 15) is 5.11 Å². The minimum Gasteiger partial charge on any atom is -0.486 e. The molecule has 1 atom stereocenters. The van der Waals surface area contributed by atoms with Gasteiger partial charge in [0.15, 0.2) is 11.5 Å². The molecular weight excluding hydrogens is 270 g/mol. The Bertz CT molecular complexity index is 639. The monoisotopic (exact) mass is 289 g/mol. The van der Waals surface area contributed by atoms with Crippen LogP contribution >= 0.6 is 0 Å². The molecule has 0 radical (unpaired) electrons. The summed E-state index contributed by atoms with van der Waals surface area (Å²) in [4.78, 5) is 0. The highest BCUT2D eigenvalue weighted by Crippen LogP contribution is 2.32. The maximum absolute atomic E-state index is 10.3. The minimum atomic E-state index is -0.625. The zero-order chi connectivity index (χ0) is 14.8. The summed E-state index contributed by atoms with van der Waals surface area (Å²) in [5.74, 6) is 1.42. The molecular formula is C15H19N3O3. The van der Waals surface area contributed by atoms with Gasteiger partial charge < -0.3 is 19.9 Å². The molecule has 3 rings (SSSR count). The fourth-order valence-electron chi connectivity index (χ4n) is 2.36. The Kier molecular flexibility index (Phi) is 3.70. The Morgan fingerprint density at radius 2 is 2.10 bits per heavy atom. The third-order valence-electron chi connectivity index (χ3n) is 3.45. The lowest BCUT2D eigenvalue weighted by Gasteiger charge is -2.20. The van der Waals surface area contributed by atoms with Gasteiger partial charge in [0.05, 0.1) is 17.5 Å². The molecule has 0 fully saturated rings. The molecule has 1 aliphatic heterocycles. The fourth-order valence-corrected chi connectivity index (χ4v) is 2.36. The van der Waals surface area contributed by atoms with Crippen LogP contribution < -0.4 is 14.8 Å². The molecule has 0 bridgehead atoms. The number of aliphatic hydroxyl groups excluding tert-OH is 1. The zero-order valence-electron chi connectivity index (χ0n) is 12.2. The number of ether oxygens (including phenoxy) is 2. The van der Waals surface area contributed by atoms with Gasteiger partial charge in [0.1, 0.15) is 13.2 Å². The number of aliphatic hydroxyl groups is 1. The molecule has 0 aliphatic carbocycles. The van der Waals surface area contributed by atoms with E-state index in [2.05, 4.69) is 10.4 Å². The molecule has 0 saturated carbocycles. The van der Waals surface area contributed by atoms with Gasteiger partial charge in [-0.05, 0) is 24.6 Å². The van der Waals surface area contributed by atoms with Crippen molar-refractivity contribution in [3.8, 4) is 11.5 Å². The second kappa shape index (κ2) is 5.65. The van der Waals surface area contributed by atoms with Crippen molar-refractivity contribution in [3.63, 3.8) is 0 Å². The first-order valence-corrected chi connectivity index (χ1v) is 6.95. The molecule has 112 valence electrons.